The lowest BCUT2D eigenvalue weighted by Crippen LogP contribution is -2.17. The van der Waals surface area contributed by atoms with Gasteiger partial charge in [-0.3, -0.25) is 0 Å². The first kappa shape index (κ1) is 9.79. The summed E-state index contributed by atoms with van der Waals surface area (Å²) in [6.07, 6.45) is 0. The van der Waals surface area contributed by atoms with E-state index in [-0.39, 0.29) is 5.41 Å². The summed E-state index contributed by atoms with van der Waals surface area (Å²) < 4.78 is 1.98. The Hall–Kier alpha value is -1.30. The fourth-order valence-electron chi connectivity index (χ4n) is 1.55. The Morgan fingerprint density at radius 1 is 1.38 bits per heavy atom. The van der Waals surface area contributed by atoms with Gasteiger partial charge in [0.1, 0.15) is 11.9 Å². The fraction of sp³-hybridized carbons (Fsp3) is 0.600. The van der Waals surface area contributed by atoms with Gasteiger partial charge in [0.25, 0.3) is 0 Å². The number of nitrogens with zero attached hydrogens (tertiary/aromatic N) is 3. The summed E-state index contributed by atoms with van der Waals surface area (Å²) in [5.41, 5.74) is 1.53. The first-order valence-corrected chi connectivity index (χ1v) is 4.32. The SMILES string of the molecule is Cc1nc(C#N)c(C(C)(C)C)n1C. The van der Waals surface area contributed by atoms with E-state index in [2.05, 4.69) is 31.8 Å². The van der Waals surface area contributed by atoms with Crippen LogP contribution in [0.2, 0.25) is 0 Å². The van der Waals surface area contributed by atoms with Gasteiger partial charge in [-0.15, -0.1) is 0 Å². The zero-order valence-electron chi connectivity index (χ0n) is 8.84. The average molecular weight is 177 g/mol. The molecule has 0 atom stereocenters. The van der Waals surface area contributed by atoms with Crippen molar-refractivity contribution in [3.63, 3.8) is 0 Å². The van der Waals surface area contributed by atoms with Crippen LogP contribution < -0.4 is 0 Å². The van der Waals surface area contributed by atoms with Crippen molar-refractivity contribution >= 4 is 0 Å². The molecule has 1 aromatic rings. The second-order valence-corrected chi connectivity index (χ2v) is 4.28. The Bertz CT molecular complexity index is 361. The van der Waals surface area contributed by atoms with Crippen molar-refractivity contribution in [2.24, 2.45) is 7.05 Å². The van der Waals surface area contributed by atoms with Gasteiger partial charge >= 0.3 is 0 Å². The number of aryl methyl sites for hydroxylation is 1. The molecule has 3 nitrogen and oxygen atoms in total. The highest BCUT2D eigenvalue weighted by Gasteiger charge is 2.23. The molecule has 0 aliphatic rings. The highest BCUT2D eigenvalue weighted by Crippen LogP contribution is 2.25. The molecule has 0 aliphatic carbocycles. The number of nitriles is 1. The molecule has 0 aliphatic heterocycles. The molecular formula is C10H15N3. The lowest BCUT2D eigenvalue weighted by molar-refractivity contribution is 0.538. The second-order valence-electron chi connectivity index (χ2n) is 4.28. The third-order valence-corrected chi connectivity index (χ3v) is 2.14. The summed E-state index contributed by atoms with van der Waals surface area (Å²) in [4.78, 5) is 4.20. The molecule has 0 bridgehead atoms. The molecule has 13 heavy (non-hydrogen) atoms. The van der Waals surface area contributed by atoms with Crippen LogP contribution in [0.3, 0.4) is 0 Å². The van der Waals surface area contributed by atoms with Gasteiger partial charge in [0, 0.05) is 12.5 Å². The minimum absolute atomic E-state index is 0.0267. The standard InChI is InChI=1S/C10H15N3/c1-7-12-8(6-11)9(13(7)5)10(2,3)4/h1-5H3. The van der Waals surface area contributed by atoms with E-state index < -0.39 is 0 Å². The van der Waals surface area contributed by atoms with E-state index in [1.54, 1.807) is 0 Å². The van der Waals surface area contributed by atoms with Crippen LogP contribution in [0.1, 0.15) is 38.0 Å². The van der Waals surface area contributed by atoms with Crippen LogP contribution >= 0.6 is 0 Å². The van der Waals surface area contributed by atoms with E-state index in [9.17, 15) is 0 Å². The first-order chi connectivity index (χ1) is 5.88. The Labute approximate surface area is 79.0 Å². The third kappa shape index (κ3) is 1.57. The molecule has 0 unspecified atom stereocenters. The number of hydrogen-bond donors (Lipinski definition) is 0. The van der Waals surface area contributed by atoms with E-state index in [4.69, 9.17) is 5.26 Å². The highest BCUT2D eigenvalue weighted by atomic mass is 15.1. The van der Waals surface area contributed by atoms with Crippen molar-refractivity contribution in [1.29, 1.82) is 5.26 Å². The molecule has 1 aromatic heterocycles. The van der Waals surface area contributed by atoms with Crippen molar-refractivity contribution in [2.75, 3.05) is 0 Å². The van der Waals surface area contributed by atoms with Gasteiger partial charge in [-0.05, 0) is 6.92 Å². The van der Waals surface area contributed by atoms with Crippen LogP contribution in [0.25, 0.3) is 0 Å². The highest BCUT2D eigenvalue weighted by molar-refractivity contribution is 5.33. The zero-order chi connectivity index (χ0) is 10.2. The topological polar surface area (TPSA) is 41.6 Å². The average Bonchev–Trinajstić information content (AvgIpc) is 2.26. The Morgan fingerprint density at radius 2 is 1.92 bits per heavy atom. The summed E-state index contributed by atoms with van der Waals surface area (Å²) in [7, 11) is 1.95. The number of rotatable bonds is 0. The van der Waals surface area contributed by atoms with Crippen molar-refractivity contribution in [2.45, 2.75) is 33.1 Å². The monoisotopic (exact) mass is 177 g/mol. The molecule has 1 heterocycles. The van der Waals surface area contributed by atoms with Crippen molar-refractivity contribution in [3.05, 3.63) is 17.2 Å². The quantitative estimate of drug-likeness (QED) is 0.607. The van der Waals surface area contributed by atoms with E-state index in [0.29, 0.717) is 5.69 Å². The van der Waals surface area contributed by atoms with Crippen LogP contribution in [0, 0.1) is 18.3 Å². The summed E-state index contributed by atoms with van der Waals surface area (Å²) in [6, 6.07) is 2.13. The first-order valence-electron chi connectivity index (χ1n) is 4.32. The van der Waals surface area contributed by atoms with E-state index in [1.165, 1.54) is 0 Å². The second kappa shape index (κ2) is 2.88. The largest absolute Gasteiger partial charge is 0.334 e. The molecular weight excluding hydrogens is 162 g/mol. The molecule has 0 saturated carbocycles. The molecule has 70 valence electrons. The van der Waals surface area contributed by atoms with Crippen LogP contribution in [-0.4, -0.2) is 9.55 Å². The third-order valence-electron chi connectivity index (χ3n) is 2.14. The van der Waals surface area contributed by atoms with Crippen LogP contribution in [0.15, 0.2) is 0 Å². The molecule has 0 fully saturated rings. The van der Waals surface area contributed by atoms with Crippen LogP contribution in [0.5, 0.6) is 0 Å². The maximum absolute atomic E-state index is 8.89. The van der Waals surface area contributed by atoms with Gasteiger partial charge in [0.15, 0.2) is 5.69 Å². The molecule has 0 aromatic carbocycles. The zero-order valence-corrected chi connectivity index (χ0v) is 8.84. The van der Waals surface area contributed by atoms with Crippen molar-refractivity contribution in [3.8, 4) is 6.07 Å². The maximum atomic E-state index is 8.89. The summed E-state index contributed by atoms with van der Waals surface area (Å²) in [5, 5.41) is 8.89. The normalized spacial score (nSPS) is 11.4. The minimum atomic E-state index is -0.0267. The molecule has 0 N–H and O–H groups in total. The Morgan fingerprint density at radius 3 is 2.23 bits per heavy atom. The molecule has 0 amide bonds. The van der Waals surface area contributed by atoms with Gasteiger partial charge in [-0.2, -0.15) is 5.26 Å². The van der Waals surface area contributed by atoms with Gasteiger partial charge in [0.2, 0.25) is 0 Å². The van der Waals surface area contributed by atoms with E-state index >= 15 is 0 Å². The maximum Gasteiger partial charge on any atom is 0.162 e. The molecule has 0 spiro atoms. The predicted octanol–water partition coefficient (Wildman–Crippen LogP) is 1.90. The molecule has 3 heteroatoms. The van der Waals surface area contributed by atoms with Crippen molar-refractivity contribution in [1.82, 2.24) is 9.55 Å². The van der Waals surface area contributed by atoms with Gasteiger partial charge < -0.3 is 4.57 Å². The van der Waals surface area contributed by atoms with Crippen LogP contribution in [0.4, 0.5) is 0 Å². The minimum Gasteiger partial charge on any atom is -0.334 e. The number of hydrogen-bond acceptors (Lipinski definition) is 2. The summed E-state index contributed by atoms with van der Waals surface area (Å²) in [6.45, 7) is 8.18. The van der Waals surface area contributed by atoms with E-state index in [1.807, 2.05) is 18.5 Å². The lowest BCUT2D eigenvalue weighted by Gasteiger charge is -2.19. The van der Waals surface area contributed by atoms with Gasteiger partial charge in [-0.25, -0.2) is 4.98 Å². The lowest BCUT2D eigenvalue weighted by atomic mass is 9.90. The van der Waals surface area contributed by atoms with Gasteiger partial charge in [0.05, 0.1) is 5.69 Å². The van der Waals surface area contributed by atoms with Crippen LogP contribution in [-0.2, 0) is 12.5 Å². The molecule has 0 radical (unpaired) electrons. The Kier molecular flexibility index (Phi) is 2.17. The Balaban J connectivity index is 3.44. The molecule has 0 saturated heterocycles. The van der Waals surface area contributed by atoms with Gasteiger partial charge in [-0.1, -0.05) is 20.8 Å². The predicted molar refractivity (Wildman–Crippen MR) is 51.4 cm³/mol. The smallest absolute Gasteiger partial charge is 0.162 e. The summed E-state index contributed by atoms with van der Waals surface area (Å²) >= 11 is 0. The fourth-order valence-corrected chi connectivity index (χ4v) is 1.55. The number of aromatic nitrogens is 2. The molecule has 1 rings (SSSR count). The summed E-state index contributed by atoms with van der Waals surface area (Å²) in [5.74, 6) is 0.890. The van der Waals surface area contributed by atoms with E-state index in [0.717, 1.165) is 11.5 Å². The van der Waals surface area contributed by atoms with Crippen molar-refractivity contribution < 1.29 is 0 Å². The number of imidazole rings is 1.